The Morgan fingerprint density at radius 3 is 2.33 bits per heavy atom. The normalized spacial score (nSPS) is 12.9. The Morgan fingerprint density at radius 2 is 1.75 bits per heavy atom. The number of benzene rings is 2. The number of esters is 1. The fourth-order valence-electron chi connectivity index (χ4n) is 3.79. The number of hydrogen-bond acceptors (Lipinski definition) is 3. The van der Waals surface area contributed by atoms with Gasteiger partial charge >= 0.3 is 12.1 Å². The molecule has 0 unspecified atom stereocenters. The molecule has 0 bridgehead atoms. The molecule has 3 rings (SSSR count). The predicted octanol–water partition coefficient (Wildman–Crippen LogP) is 7.85. The van der Waals surface area contributed by atoms with Crippen LogP contribution in [-0.4, -0.2) is 32.6 Å². The lowest BCUT2D eigenvalue weighted by atomic mass is 10.0. The van der Waals surface area contributed by atoms with Gasteiger partial charge in [-0.1, -0.05) is 38.4 Å². The highest BCUT2D eigenvalue weighted by atomic mass is 35.5. The SMILES string of the molecule is COC(=O)c1cc2cc(Cc3ccc(Cl)cc3C(F)(F)F)n(CCO[Si](C)(C)C(C)(C)C)c2cc1F. The van der Waals surface area contributed by atoms with Gasteiger partial charge < -0.3 is 13.7 Å². The standard InChI is InChI=1S/C26H30ClF4NO3Si/c1-25(2,3)36(5,6)35-10-9-32-19(11-16-7-8-18(27)14-21(16)26(29,30)31)12-17-13-20(24(33)34-4)22(28)15-23(17)32/h7-8,12-15H,9-11H2,1-6H3. The monoisotopic (exact) mass is 543 g/mol. The molecule has 3 aromatic rings. The van der Waals surface area contributed by atoms with E-state index >= 15 is 0 Å². The molecule has 1 heterocycles. The van der Waals surface area contributed by atoms with E-state index in [1.165, 1.54) is 24.3 Å². The molecule has 0 saturated carbocycles. The van der Waals surface area contributed by atoms with Crippen LogP contribution >= 0.6 is 11.6 Å². The first-order chi connectivity index (χ1) is 16.5. The lowest BCUT2D eigenvalue weighted by Gasteiger charge is -2.36. The lowest BCUT2D eigenvalue weighted by molar-refractivity contribution is -0.138. The van der Waals surface area contributed by atoms with Gasteiger partial charge in [0.15, 0.2) is 8.32 Å². The number of rotatable bonds is 7. The Balaban J connectivity index is 2.09. The summed E-state index contributed by atoms with van der Waals surface area (Å²) < 4.78 is 68.7. The third kappa shape index (κ3) is 5.95. The van der Waals surface area contributed by atoms with E-state index in [4.69, 9.17) is 16.0 Å². The van der Waals surface area contributed by atoms with Crippen molar-refractivity contribution in [2.75, 3.05) is 13.7 Å². The molecule has 36 heavy (non-hydrogen) atoms. The van der Waals surface area contributed by atoms with Crippen LogP contribution in [0.4, 0.5) is 17.6 Å². The van der Waals surface area contributed by atoms with Crippen LogP contribution < -0.4 is 0 Å². The van der Waals surface area contributed by atoms with E-state index in [0.29, 0.717) is 29.7 Å². The first-order valence-electron chi connectivity index (χ1n) is 11.4. The molecule has 0 aliphatic rings. The average Bonchev–Trinajstić information content (AvgIpc) is 3.08. The van der Waals surface area contributed by atoms with Crippen LogP contribution in [0.1, 0.15) is 48.0 Å². The highest BCUT2D eigenvalue weighted by Gasteiger charge is 2.37. The smallest absolute Gasteiger partial charge is 0.416 e. The number of fused-ring (bicyclic) bond motifs is 1. The number of carbonyl (C=O) groups excluding carboxylic acids is 1. The zero-order valence-corrected chi connectivity index (χ0v) is 22.9. The molecule has 0 aliphatic heterocycles. The number of hydrogen-bond donors (Lipinski definition) is 0. The highest BCUT2D eigenvalue weighted by Crippen LogP contribution is 2.37. The molecule has 0 amide bonds. The summed E-state index contributed by atoms with van der Waals surface area (Å²) in [4.78, 5) is 12.0. The van der Waals surface area contributed by atoms with Crippen LogP contribution in [0.5, 0.6) is 0 Å². The Labute approximate surface area is 214 Å². The van der Waals surface area contributed by atoms with Gasteiger partial charge in [-0.15, -0.1) is 0 Å². The van der Waals surface area contributed by atoms with E-state index in [1.807, 2.05) is 0 Å². The minimum atomic E-state index is -4.59. The molecule has 0 radical (unpaired) electrons. The number of carbonyl (C=O) groups is 1. The molecular formula is C26H30ClF4NO3Si. The van der Waals surface area contributed by atoms with Crippen LogP contribution in [0.15, 0.2) is 36.4 Å². The Kier molecular flexibility index (Phi) is 7.98. The fourth-order valence-corrected chi connectivity index (χ4v) is 5.00. The molecule has 4 nitrogen and oxygen atoms in total. The van der Waals surface area contributed by atoms with Crippen LogP contribution in [0.2, 0.25) is 23.2 Å². The van der Waals surface area contributed by atoms with E-state index in [2.05, 4.69) is 38.6 Å². The molecule has 0 aliphatic carbocycles. The van der Waals surface area contributed by atoms with Crippen molar-refractivity contribution in [3.05, 3.63) is 69.6 Å². The zero-order valence-electron chi connectivity index (χ0n) is 21.1. The minimum Gasteiger partial charge on any atom is -0.465 e. The van der Waals surface area contributed by atoms with Crippen molar-refractivity contribution in [1.82, 2.24) is 4.57 Å². The summed E-state index contributed by atoms with van der Waals surface area (Å²) in [6.07, 6.45) is -4.66. The third-order valence-corrected chi connectivity index (χ3v) is 11.6. The summed E-state index contributed by atoms with van der Waals surface area (Å²) in [5.41, 5.74) is -0.0519. The van der Waals surface area contributed by atoms with Crippen molar-refractivity contribution < 1.29 is 31.5 Å². The van der Waals surface area contributed by atoms with Crippen molar-refractivity contribution in [3.63, 3.8) is 0 Å². The maximum absolute atomic E-state index is 14.8. The fraction of sp³-hybridized carbons (Fsp3) is 0.423. The van der Waals surface area contributed by atoms with E-state index < -0.39 is 31.8 Å². The summed E-state index contributed by atoms with van der Waals surface area (Å²) in [6, 6.07) is 7.90. The first kappa shape index (κ1) is 28.2. The number of halogens is 5. The van der Waals surface area contributed by atoms with Crippen LogP contribution in [0, 0.1) is 5.82 Å². The second kappa shape index (κ2) is 10.2. The molecular weight excluding hydrogens is 514 g/mol. The minimum absolute atomic E-state index is 0.0146. The number of nitrogens with zero attached hydrogens (tertiary/aromatic N) is 1. The Hall–Kier alpha value is -2.36. The van der Waals surface area contributed by atoms with Gasteiger partial charge in [0.05, 0.1) is 30.4 Å². The van der Waals surface area contributed by atoms with Gasteiger partial charge in [-0.25, -0.2) is 9.18 Å². The first-order valence-corrected chi connectivity index (χ1v) is 14.7. The van der Waals surface area contributed by atoms with Gasteiger partial charge in [0, 0.05) is 29.1 Å². The number of methoxy groups -OCH3 is 1. The number of alkyl halides is 3. The van der Waals surface area contributed by atoms with Gasteiger partial charge in [0.2, 0.25) is 0 Å². The molecule has 196 valence electrons. The summed E-state index contributed by atoms with van der Waals surface area (Å²) in [5.74, 6) is -1.60. The van der Waals surface area contributed by atoms with Crippen molar-refractivity contribution in [2.45, 2.75) is 58.0 Å². The quantitative estimate of drug-likeness (QED) is 0.173. The summed E-state index contributed by atoms with van der Waals surface area (Å²) in [5, 5.41) is 0.474. The van der Waals surface area contributed by atoms with Crippen molar-refractivity contribution in [1.29, 1.82) is 0 Å². The van der Waals surface area contributed by atoms with E-state index in [-0.39, 0.29) is 27.6 Å². The average molecular weight is 544 g/mol. The van der Waals surface area contributed by atoms with E-state index in [1.54, 1.807) is 10.6 Å². The van der Waals surface area contributed by atoms with Crippen LogP contribution in [0.25, 0.3) is 10.9 Å². The Morgan fingerprint density at radius 1 is 1.08 bits per heavy atom. The molecule has 0 atom stereocenters. The number of ether oxygens (including phenoxy) is 1. The molecule has 1 aromatic heterocycles. The third-order valence-electron chi connectivity index (χ3n) is 6.81. The van der Waals surface area contributed by atoms with Crippen LogP contribution in [0.3, 0.4) is 0 Å². The summed E-state index contributed by atoms with van der Waals surface area (Å²) in [7, 11) is -0.936. The second-order valence-corrected chi connectivity index (χ2v) is 15.5. The summed E-state index contributed by atoms with van der Waals surface area (Å²) >= 11 is 5.84. The zero-order chi connectivity index (χ0) is 27.1. The lowest BCUT2D eigenvalue weighted by Crippen LogP contribution is -2.41. The molecule has 10 heteroatoms. The highest BCUT2D eigenvalue weighted by molar-refractivity contribution is 6.74. The molecule has 0 N–H and O–H groups in total. The van der Waals surface area contributed by atoms with Gasteiger partial charge in [-0.05, 0) is 54.0 Å². The molecule has 0 spiro atoms. The van der Waals surface area contributed by atoms with E-state index in [0.717, 1.165) is 13.2 Å². The maximum Gasteiger partial charge on any atom is 0.416 e. The number of aromatic nitrogens is 1. The van der Waals surface area contributed by atoms with Gasteiger partial charge in [0.25, 0.3) is 0 Å². The topological polar surface area (TPSA) is 40.5 Å². The van der Waals surface area contributed by atoms with Crippen LogP contribution in [-0.2, 0) is 28.3 Å². The predicted molar refractivity (Wildman–Crippen MR) is 136 cm³/mol. The summed E-state index contributed by atoms with van der Waals surface area (Å²) in [6.45, 7) is 11.1. The second-order valence-electron chi connectivity index (χ2n) is 10.3. The van der Waals surface area contributed by atoms with Crippen molar-refractivity contribution >= 4 is 36.8 Å². The largest absolute Gasteiger partial charge is 0.465 e. The van der Waals surface area contributed by atoms with Gasteiger partial charge in [-0.3, -0.25) is 0 Å². The maximum atomic E-state index is 14.8. The van der Waals surface area contributed by atoms with Crippen molar-refractivity contribution in [2.24, 2.45) is 0 Å². The van der Waals surface area contributed by atoms with Gasteiger partial charge in [-0.2, -0.15) is 13.2 Å². The van der Waals surface area contributed by atoms with Gasteiger partial charge in [0.1, 0.15) is 5.82 Å². The Bertz CT molecular complexity index is 1280. The molecule has 0 saturated heterocycles. The van der Waals surface area contributed by atoms with Crippen molar-refractivity contribution in [3.8, 4) is 0 Å². The molecule has 0 fully saturated rings. The van der Waals surface area contributed by atoms with E-state index in [9.17, 15) is 22.4 Å². The molecule has 2 aromatic carbocycles.